The summed E-state index contributed by atoms with van der Waals surface area (Å²) >= 11 is 0. The maximum Gasteiger partial charge on any atom is 0.273 e. The number of rotatable bonds is 4. The normalized spacial score (nSPS) is 12.1. The van der Waals surface area contributed by atoms with Gasteiger partial charge in [-0.15, -0.1) is 10.2 Å². The van der Waals surface area contributed by atoms with E-state index >= 15 is 0 Å². The lowest BCUT2D eigenvalue weighted by molar-refractivity contribution is 0.507. The highest BCUT2D eigenvalue weighted by molar-refractivity contribution is 7.89. The fourth-order valence-electron chi connectivity index (χ4n) is 2.15. The van der Waals surface area contributed by atoms with Crippen LogP contribution in [0.5, 0.6) is 0 Å². The third kappa shape index (κ3) is 3.05. The predicted octanol–water partition coefficient (Wildman–Crippen LogP) is 1.41. The molecule has 7 heteroatoms. The maximum atomic E-state index is 11.5. The van der Waals surface area contributed by atoms with Crippen molar-refractivity contribution in [2.45, 2.75) is 38.4 Å². The minimum absolute atomic E-state index is 0.0851. The van der Waals surface area contributed by atoms with Gasteiger partial charge in [-0.25, -0.2) is 13.6 Å². The van der Waals surface area contributed by atoms with Crippen molar-refractivity contribution in [2.24, 2.45) is 5.14 Å². The molecule has 1 aromatic carbocycles. The second kappa shape index (κ2) is 5.34. The minimum atomic E-state index is -3.87. The molecule has 0 fully saturated rings. The molecule has 0 spiro atoms. The first-order chi connectivity index (χ1) is 9.29. The minimum Gasteiger partial charge on any atom is -0.298 e. The first-order valence-corrected chi connectivity index (χ1v) is 7.86. The van der Waals surface area contributed by atoms with Crippen LogP contribution in [-0.2, 0) is 16.4 Å². The molecular weight excluding hydrogens is 276 g/mol. The van der Waals surface area contributed by atoms with Gasteiger partial charge >= 0.3 is 0 Å². The van der Waals surface area contributed by atoms with E-state index in [9.17, 15) is 8.42 Å². The molecule has 0 atom stereocenters. The molecule has 0 bridgehead atoms. The highest BCUT2D eigenvalue weighted by Gasteiger charge is 2.22. The van der Waals surface area contributed by atoms with Gasteiger partial charge in [0.1, 0.15) is 5.82 Å². The molecule has 0 saturated heterocycles. The molecular formula is C13H18N4O2S. The van der Waals surface area contributed by atoms with Crippen molar-refractivity contribution in [1.29, 1.82) is 0 Å². The van der Waals surface area contributed by atoms with Crippen LogP contribution in [0.3, 0.4) is 0 Å². The molecule has 0 saturated carbocycles. The molecule has 1 heterocycles. The summed E-state index contributed by atoms with van der Waals surface area (Å²) in [6.07, 6.45) is 0.516. The number of hydrogen-bond acceptors (Lipinski definition) is 4. The molecule has 0 aliphatic rings. The highest BCUT2D eigenvalue weighted by atomic mass is 32.2. The number of nitrogens with two attached hydrogens (primary N) is 1. The summed E-state index contributed by atoms with van der Waals surface area (Å²) in [7, 11) is -3.87. The van der Waals surface area contributed by atoms with E-state index in [1.54, 1.807) is 4.57 Å². The van der Waals surface area contributed by atoms with E-state index in [0.717, 1.165) is 11.1 Å². The van der Waals surface area contributed by atoms with Gasteiger partial charge in [0.05, 0.1) is 0 Å². The maximum absolute atomic E-state index is 11.5. The summed E-state index contributed by atoms with van der Waals surface area (Å²) in [4.78, 5) is 0. The number of aryl methyl sites for hydroxylation is 1. The Morgan fingerprint density at radius 2 is 2.00 bits per heavy atom. The molecule has 2 N–H and O–H groups in total. The smallest absolute Gasteiger partial charge is 0.273 e. The Bertz CT molecular complexity index is 720. The van der Waals surface area contributed by atoms with Gasteiger partial charge in [0, 0.05) is 12.5 Å². The number of nitrogens with zero attached hydrogens (tertiary/aromatic N) is 3. The molecule has 1 aromatic heterocycles. The second-order valence-corrected chi connectivity index (χ2v) is 6.53. The predicted molar refractivity (Wildman–Crippen MR) is 75.8 cm³/mol. The van der Waals surface area contributed by atoms with E-state index in [0.29, 0.717) is 12.2 Å². The molecule has 0 aliphatic heterocycles. The number of primary sulfonamides is 1. The van der Waals surface area contributed by atoms with Crippen molar-refractivity contribution in [3.8, 4) is 0 Å². The summed E-state index contributed by atoms with van der Waals surface area (Å²) in [5, 5.41) is 12.7. The fraction of sp³-hybridized carbons (Fsp3) is 0.385. The van der Waals surface area contributed by atoms with E-state index in [1.165, 1.54) is 0 Å². The lowest BCUT2D eigenvalue weighted by atomic mass is 10.1. The highest BCUT2D eigenvalue weighted by Crippen LogP contribution is 2.18. The summed E-state index contributed by atoms with van der Waals surface area (Å²) in [6, 6.07) is 7.89. The van der Waals surface area contributed by atoms with Crippen LogP contribution in [0.2, 0.25) is 0 Å². The lowest BCUT2D eigenvalue weighted by Crippen LogP contribution is -2.20. The first-order valence-electron chi connectivity index (χ1n) is 6.31. The van der Waals surface area contributed by atoms with Gasteiger partial charge in [-0.2, -0.15) is 0 Å². The van der Waals surface area contributed by atoms with Crippen LogP contribution in [0.1, 0.15) is 36.8 Å². The topological polar surface area (TPSA) is 90.9 Å². The van der Waals surface area contributed by atoms with E-state index in [1.807, 2.05) is 45.0 Å². The van der Waals surface area contributed by atoms with Gasteiger partial charge in [0.15, 0.2) is 0 Å². The van der Waals surface area contributed by atoms with E-state index in [2.05, 4.69) is 10.2 Å². The van der Waals surface area contributed by atoms with Gasteiger partial charge in [-0.1, -0.05) is 29.8 Å². The van der Waals surface area contributed by atoms with Gasteiger partial charge in [-0.3, -0.25) is 4.57 Å². The molecule has 0 radical (unpaired) electrons. The van der Waals surface area contributed by atoms with Crippen LogP contribution in [0.4, 0.5) is 0 Å². The van der Waals surface area contributed by atoms with Crippen molar-refractivity contribution < 1.29 is 8.42 Å². The lowest BCUT2D eigenvalue weighted by Gasteiger charge is -2.13. The average Bonchev–Trinajstić information content (AvgIpc) is 2.72. The van der Waals surface area contributed by atoms with Crippen molar-refractivity contribution in [3.63, 3.8) is 0 Å². The number of hydrogen-bond donors (Lipinski definition) is 1. The van der Waals surface area contributed by atoms with E-state index in [-0.39, 0.29) is 11.2 Å². The Balaban J connectivity index is 2.45. The molecule has 20 heavy (non-hydrogen) atoms. The van der Waals surface area contributed by atoms with Crippen LogP contribution in [0.15, 0.2) is 29.4 Å². The summed E-state index contributed by atoms with van der Waals surface area (Å²) in [6.45, 7) is 5.75. The monoisotopic (exact) mass is 294 g/mol. The zero-order valence-electron chi connectivity index (χ0n) is 11.7. The van der Waals surface area contributed by atoms with E-state index < -0.39 is 10.0 Å². The van der Waals surface area contributed by atoms with Gasteiger partial charge in [-0.05, 0) is 26.3 Å². The van der Waals surface area contributed by atoms with Crippen LogP contribution < -0.4 is 5.14 Å². The Labute approximate surface area is 118 Å². The summed E-state index contributed by atoms with van der Waals surface area (Å²) in [5.41, 5.74) is 2.20. The van der Waals surface area contributed by atoms with Crippen molar-refractivity contribution >= 4 is 10.0 Å². The number of benzene rings is 1. The molecule has 2 aromatic rings. The Kier molecular flexibility index (Phi) is 3.92. The molecule has 6 nitrogen and oxygen atoms in total. The van der Waals surface area contributed by atoms with Crippen molar-refractivity contribution in [1.82, 2.24) is 14.8 Å². The van der Waals surface area contributed by atoms with Crippen molar-refractivity contribution in [2.75, 3.05) is 0 Å². The molecule has 0 unspecified atom stereocenters. The van der Waals surface area contributed by atoms with Crippen LogP contribution in [-0.4, -0.2) is 23.2 Å². The Hall–Kier alpha value is -1.73. The largest absolute Gasteiger partial charge is 0.298 e. The first kappa shape index (κ1) is 14.7. The van der Waals surface area contributed by atoms with Crippen LogP contribution >= 0.6 is 0 Å². The Morgan fingerprint density at radius 3 is 2.55 bits per heavy atom. The zero-order chi connectivity index (χ0) is 14.9. The summed E-state index contributed by atoms with van der Waals surface area (Å²) in [5.74, 6) is 0.592. The van der Waals surface area contributed by atoms with Crippen molar-refractivity contribution in [3.05, 3.63) is 41.2 Å². The van der Waals surface area contributed by atoms with Crippen LogP contribution in [0, 0.1) is 6.92 Å². The second-order valence-electron chi connectivity index (χ2n) is 5.07. The zero-order valence-corrected chi connectivity index (χ0v) is 12.6. The molecule has 108 valence electrons. The Morgan fingerprint density at radius 1 is 1.30 bits per heavy atom. The summed E-state index contributed by atoms with van der Waals surface area (Å²) < 4.78 is 24.6. The standard InChI is InChI=1S/C13H18N4O2S/c1-9(2)17-12(15-16-13(17)20(14,18)19)8-11-6-4-5-10(3)7-11/h4-7,9H,8H2,1-3H3,(H2,14,18,19). The van der Waals surface area contributed by atoms with E-state index in [4.69, 9.17) is 5.14 Å². The number of aromatic nitrogens is 3. The quantitative estimate of drug-likeness (QED) is 0.923. The molecule has 0 amide bonds. The molecule has 2 rings (SSSR count). The average molecular weight is 294 g/mol. The van der Waals surface area contributed by atoms with Crippen LogP contribution in [0.25, 0.3) is 0 Å². The number of sulfonamides is 1. The molecule has 0 aliphatic carbocycles. The van der Waals surface area contributed by atoms with Gasteiger partial charge in [0.25, 0.3) is 15.2 Å². The van der Waals surface area contributed by atoms with Gasteiger partial charge < -0.3 is 0 Å². The SMILES string of the molecule is Cc1cccc(Cc2nnc(S(N)(=O)=O)n2C(C)C)c1. The third-order valence-electron chi connectivity index (χ3n) is 2.95. The third-order valence-corrected chi connectivity index (χ3v) is 3.74. The van der Waals surface area contributed by atoms with Gasteiger partial charge in [0.2, 0.25) is 0 Å². The fourth-order valence-corrected chi connectivity index (χ4v) is 2.89.